The van der Waals surface area contributed by atoms with E-state index in [1.165, 1.54) is 37.1 Å². The molecule has 1 fully saturated rings. The van der Waals surface area contributed by atoms with E-state index in [1.807, 2.05) is 13.0 Å². The van der Waals surface area contributed by atoms with Crippen molar-refractivity contribution in [1.29, 1.82) is 0 Å². The maximum absolute atomic E-state index is 12.8. The van der Waals surface area contributed by atoms with E-state index in [-0.39, 0.29) is 11.8 Å². The van der Waals surface area contributed by atoms with Crippen LogP contribution in [-0.2, 0) is 0 Å². The molecule has 0 bridgehead atoms. The summed E-state index contributed by atoms with van der Waals surface area (Å²) in [5.41, 5.74) is 1.44. The third-order valence-electron chi connectivity index (χ3n) is 4.07. The summed E-state index contributed by atoms with van der Waals surface area (Å²) in [5, 5.41) is 8.50. The topological polar surface area (TPSA) is 82.2 Å². The summed E-state index contributed by atoms with van der Waals surface area (Å²) >= 11 is 0. The Bertz CT molecular complexity index is 746. The second kappa shape index (κ2) is 8.46. The molecule has 8 heteroatoms. The maximum atomic E-state index is 12.8. The number of hydrogen-bond donors (Lipinski definition) is 3. The summed E-state index contributed by atoms with van der Waals surface area (Å²) in [6, 6.07) is 7.25. The van der Waals surface area contributed by atoms with E-state index in [1.54, 1.807) is 0 Å². The Labute approximate surface area is 152 Å². The maximum Gasteiger partial charge on any atom is 0.319 e. The number of hydrogen-bond acceptors (Lipinski definition) is 5. The molecular formula is C18H23FN6O. The Morgan fingerprint density at radius 1 is 1.15 bits per heavy atom. The second-order valence-electron chi connectivity index (χ2n) is 6.20. The Balaban J connectivity index is 1.44. The summed E-state index contributed by atoms with van der Waals surface area (Å²) in [5.74, 6) is 1.17. The average Bonchev–Trinajstić information content (AvgIpc) is 3.15. The highest BCUT2D eigenvalue weighted by Gasteiger charge is 2.15. The number of nitrogens with one attached hydrogen (secondary N) is 3. The van der Waals surface area contributed by atoms with Gasteiger partial charge in [-0.2, -0.15) is 4.98 Å². The van der Waals surface area contributed by atoms with Crippen LogP contribution in [0.3, 0.4) is 0 Å². The van der Waals surface area contributed by atoms with E-state index in [0.29, 0.717) is 24.7 Å². The number of aryl methyl sites for hydroxylation is 1. The minimum Gasteiger partial charge on any atom is -0.356 e. The molecule has 3 N–H and O–H groups in total. The molecule has 0 saturated carbocycles. The van der Waals surface area contributed by atoms with Crippen LogP contribution >= 0.6 is 0 Å². The first-order chi connectivity index (χ1) is 12.6. The Hall–Kier alpha value is -2.90. The van der Waals surface area contributed by atoms with E-state index < -0.39 is 0 Å². The smallest absolute Gasteiger partial charge is 0.319 e. The number of urea groups is 1. The third kappa shape index (κ3) is 5.05. The van der Waals surface area contributed by atoms with E-state index in [0.717, 1.165) is 24.6 Å². The molecule has 26 heavy (non-hydrogen) atoms. The number of aromatic nitrogens is 2. The summed E-state index contributed by atoms with van der Waals surface area (Å²) in [4.78, 5) is 23.0. The monoisotopic (exact) mass is 358 g/mol. The van der Waals surface area contributed by atoms with Crippen LogP contribution in [0.1, 0.15) is 18.5 Å². The first-order valence-corrected chi connectivity index (χ1v) is 8.75. The fourth-order valence-corrected chi connectivity index (χ4v) is 2.80. The van der Waals surface area contributed by atoms with Crippen molar-refractivity contribution in [2.45, 2.75) is 19.8 Å². The lowest BCUT2D eigenvalue weighted by Gasteiger charge is -2.17. The van der Waals surface area contributed by atoms with Gasteiger partial charge in [-0.15, -0.1) is 0 Å². The average molecular weight is 358 g/mol. The lowest BCUT2D eigenvalue weighted by Crippen LogP contribution is -2.32. The zero-order valence-corrected chi connectivity index (χ0v) is 14.8. The first-order valence-electron chi connectivity index (χ1n) is 8.75. The summed E-state index contributed by atoms with van der Waals surface area (Å²) in [6.07, 6.45) is 2.39. The van der Waals surface area contributed by atoms with Crippen LogP contribution in [0, 0.1) is 12.7 Å². The predicted octanol–water partition coefficient (Wildman–Crippen LogP) is 2.76. The summed E-state index contributed by atoms with van der Waals surface area (Å²) in [6.45, 7) is 4.91. The van der Waals surface area contributed by atoms with Gasteiger partial charge in [0.1, 0.15) is 11.6 Å². The molecule has 1 saturated heterocycles. The molecule has 7 nitrogen and oxygen atoms in total. The van der Waals surface area contributed by atoms with E-state index in [2.05, 4.69) is 30.8 Å². The lowest BCUT2D eigenvalue weighted by molar-refractivity contribution is 0.252. The Morgan fingerprint density at radius 2 is 1.88 bits per heavy atom. The molecule has 2 aromatic rings. The molecular weight excluding hydrogens is 335 g/mol. The molecule has 0 atom stereocenters. The van der Waals surface area contributed by atoms with E-state index in [9.17, 15) is 9.18 Å². The largest absolute Gasteiger partial charge is 0.356 e. The number of amides is 2. The van der Waals surface area contributed by atoms with Crippen LogP contribution in [-0.4, -0.2) is 42.2 Å². The summed E-state index contributed by atoms with van der Waals surface area (Å²) in [7, 11) is 0. The quantitative estimate of drug-likeness (QED) is 0.692. The summed E-state index contributed by atoms with van der Waals surface area (Å²) < 4.78 is 12.8. The number of rotatable bonds is 6. The number of anilines is 3. The van der Waals surface area contributed by atoms with Gasteiger partial charge in [0, 0.05) is 43.6 Å². The standard InChI is InChI=1S/C18H23FN6O/c1-13-12-16(25-10-2-3-11-25)24-17(22-13)20-8-9-21-18(26)23-15-6-4-14(19)5-7-15/h4-7,12H,2-3,8-11H2,1H3,(H,20,22,24)(H2,21,23,26). The number of carbonyl (C=O) groups excluding carboxylic acids is 1. The molecule has 1 aliphatic rings. The van der Waals surface area contributed by atoms with Gasteiger partial charge < -0.3 is 20.9 Å². The van der Waals surface area contributed by atoms with Gasteiger partial charge in [-0.1, -0.05) is 0 Å². The van der Waals surface area contributed by atoms with Crippen LogP contribution in [0.25, 0.3) is 0 Å². The molecule has 2 heterocycles. The van der Waals surface area contributed by atoms with Crippen LogP contribution in [0.4, 0.5) is 26.6 Å². The van der Waals surface area contributed by atoms with Crippen molar-refractivity contribution in [3.05, 3.63) is 41.8 Å². The van der Waals surface area contributed by atoms with Gasteiger partial charge in [0.25, 0.3) is 0 Å². The zero-order valence-electron chi connectivity index (χ0n) is 14.8. The van der Waals surface area contributed by atoms with Crippen LogP contribution < -0.4 is 20.9 Å². The molecule has 0 spiro atoms. The van der Waals surface area contributed by atoms with Gasteiger partial charge in [0.15, 0.2) is 0 Å². The predicted molar refractivity (Wildman–Crippen MR) is 100 cm³/mol. The number of halogens is 1. The molecule has 0 radical (unpaired) electrons. The fourth-order valence-electron chi connectivity index (χ4n) is 2.80. The molecule has 3 rings (SSSR count). The molecule has 0 unspecified atom stereocenters. The van der Waals surface area contributed by atoms with Gasteiger partial charge in [0.05, 0.1) is 0 Å². The van der Waals surface area contributed by atoms with Gasteiger partial charge >= 0.3 is 6.03 Å². The molecule has 0 aliphatic carbocycles. The highest BCUT2D eigenvalue weighted by molar-refractivity contribution is 5.89. The zero-order chi connectivity index (χ0) is 18.4. The van der Waals surface area contributed by atoms with E-state index >= 15 is 0 Å². The second-order valence-corrected chi connectivity index (χ2v) is 6.20. The number of nitrogens with zero attached hydrogens (tertiary/aromatic N) is 3. The van der Waals surface area contributed by atoms with Crippen molar-refractivity contribution in [2.75, 3.05) is 41.7 Å². The molecule has 2 amide bonds. The van der Waals surface area contributed by atoms with Crippen molar-refractivity contribution in [3.8, 4) is 0 Å². The van der Waals surface area contributed by atoms with Crippen LogP contribution in [0.15, 0.2) is 30.3 Å². The van der Waals surface area contributed by atoms with Crippen molar-refractivity contribution < 1.29 is 9.18 Å². The minimum absolute atomic E-state index is 0.341. The third-order valence-corrected chi connectivity index (χ3v) is 4.07. The molecule has 1 aromatic carbocycles. The normalized spacial score (nSPS) is 13.5. The van der Waals surface area contributed by atoms with Crippen molar-refractivity contribution in [1.82, 2.24) is 15.3 Å². The van der Waals surface area contributed by atoms with Gasteiger partial charge in [-0.05, 0) is 44.0 Å². The van der Waals surface area contributed by atoms with Crippen molar-refractivity contribution >= 4 is 23.5 Å². The first kappa shape index (κ1) is 17.9. The number of carbonyl (C=O) groups is 1. The molecule has 1 aliphatic heterocycles. The SMILES string of the molecule is Cc1cc(N2CCCC2)nc(NCCNC(=O)Nc2ccc(F)cc2)n1. The highest BCUT2D eigenvalue weighted by atomic mass is 19.1. The minimum atomic E-state index is -0.346. The van der Waals surface area contributed by atoms with Crippen molar-refractivity contribution in [3.63, 3.8) is 0 Å². The molecule has 138 valence electrons. The molecule has 1 aromatic heterocycles. The van der Waals surface area contributed by atoms with E-state index in [4.69, 9.17) is 0 Å². The Kier molecular flexibility index (Phi) is 5.83. The van der Waals surface area contributed by atoms with Crippen LogP contribution in [0.2, 0.25) is 0 Å². The Morgan fingerprint density at radius 3 is 2.62 bits per heavy atom. The van der Waals surface area contributed by atoms with Gasteiger partial charge in [-0.25, -0.2) is 14.2 Å². The fraction of sp³-hybridized carbons (Fsp3) is 0.389. The van der Waals surface area contributed by atoms with Gasteiger partial charge in [0.2, 0.25) is 5.95 Å². The van der Waals surface area contributed by atoms with Gasteiger partial charge in [-0.3, -0.25) is 0 Å². The highest BCUT2D eigenvalue weighted by Crippen LogP contribution is 2.19. The van der Waals surface area contributed by atoms with Crippen molar-refractivity contribution in [2.24, 2.45) is 0 Å². The lowest BCUT2D eigenvalue weighted by atomic mass is 10.3. The number of benzene rings is 1. The van der Waals surface area contributed by atoms with Crippen LogP contribution in [0.5, 0.6) is 0 Å².